The molecule has 0 N–H and O–H groups in total. The molecule has 0 fully saturated rings. The van der Waals surface area contributed by atoms with E-state index in [1.165, 1.54) is 9.20 Å². The van der Waals surface area contributed by atoms with Crippen molar-refractivity contribution in [3.05, 3.63) is 42.5 Å². The number of rotatable bonds is 5. The summed E-state index contributed by atoms with van der Waals surface area (Å²) in [6, 6.07) is 14.0. The number of benzene rings is 2. The smallest absolute Gasteiger partial charge is 0.242 e. The lowest BCUT2D eigenvalue weighted by molar-refractivity contribution is 0.319. The van der Waals surface area contributed by atoms with Crippen LogP contribution in [0.25, 0.3) is 0 Å². The molecule has 27 heavy (non-hydrogen) atoms. The molecule has 1 heterocycles. The minimum absolute atomic E-state index is 0. The van der Waals surface area contributed by atoms with E-state index in [1.54, 1.807) is 38.0 Å². The van der Waals surface area contributed by atoms with Gasteiger partial charge in [0.25, 0.3) is 0 Å². The van der Waals surface area contributed by atoms with Crippen LogP contribution in [0.1, 0.15) is 6.92 Å². The molecule has 148 valence electrons. The summed E-state index contributed by atoms with van der Waals surface area (Å²) in [7, 11) is 3.77. The van der Waals surface area contributed by atoms with E-state index in [9.17, 15) is 8.42 Å². The first-order valence-corrected chi connectivity index (χ1v) is 10.7. The maximum atomic E-state index is 12.6. The monoisotopic (exact) mass is 427 g/mol. The highest BCUT2D eigenvalue weighted by Gasteiger charge is 2.27. The molecule has 1 unspecified atom stereocenters. The van der Waals surface area contributed by atoms with Crippen molar-refractivity contribution in [2.24, 2.45) is 0 Å². The van der Waals surface area contributed by atoms with Gasteiger partial charge >= 0.3 is 0 Å². The Morgan fingerprint density at radius 1 is 1.00 bits per heavy atom. The van der Waals surface area contributed by atoms with Crippen molar-refractivity contribution < 1.29 is 8.42 Å². The Morgan fingerprint density at radius 3 is 2.26 bits per heavy atom. The van der Waals surface area contributed by atoms with E-state index in [4.69, 9.17) is 0 Å². The first-order chi connectivity index (χ1) is 12.2. The number of likely N-dealkylation sites (N-methyl/N-ethyl adjacent to an activating group) is 1. The van der Waals surface area contributed by atoms with Crippen LogP contribution in [0.4, 0.5) is 11.4 Å². The third-order valence-electron chi connectivity index (χ3n) is 4.70. The third-order valence-corrected chi connectivity index (χ3v) is 7.65. The second-order valence-electron chi connectivity index (χ2n) is 6.91. The zero-order valence-corrected chi connectivity index (χ0v) is 18.7. The van der Waals surface area contributed by atoms with Gasteiger partial charge in [-0.1, -0.05) is 23.9 Å². The molecular weight excluding hydrogens is 402 g/mol. The average molecular weight is 428 g/mol. The summed E-state index contributed by atoms with van der Waals surface area (Å²) in [5.41, 5.74) is 2.07. The SMILES string of the molecule is CC(CN1c2ccccc2Sc2ccc(S(=O)(=O)N(C)C)cc21)N(C)C.Cl. The van der Waals surface area contributed by atoms with Gasteiger partial charge in [-0.25, -0.2) is 12.7 Å². The van der Waals surface area contributed by atoms with Crippen LogP contribution in [-0.2, 0) is 10.0 Å². The largest absolute Gasteiger partial charge is 0.338 e. The second-order valence-corrected chi connectivity index (χ2v) is 10.1. The molecule has 1 atom stereocenters. The minimum atomic E-state index is -3.47. The van der Waals surface area contributed by atoms with E-state index in [-0.39, 0.29) is 12.4 Å². The number of halogens is 1. The highest BCUT2D eigenvalue weighted by molar-refractivity contribution is 7.99. The van der Waals surface area contributed by atoms with Crippen molar-refractivity contribution in [3.8, 4) is 0 Å². The van der Waals surface area contributed by atoms with Crippen molar-refractivity contribution in [2.75, 3.05) is 39.6 Å². The molecule has 0 aliphatic carbocycles. The molecule has 8 heteroatoms. The number of nitrogens with zero attached hydrogens (tertiary/aromatic N) is 3. The van der Waals surface area contributed by atoms with Crippen LogP contribution in [0.3, 0.4) is 0 Å². The fraction of sp³-hybridized carbons (Fsp3) is 0.368. The predicted octanol–water partition coefficient (Wildman–Crippen LogP) is 3.91. The summed E-state index contributed by atoms with van der Waals surface area (Å²) in [5, 5.41) is 0. The maximum absolute atomic E-state index is 12.6. The zero-order valence-electron chi connectivity index (χ0n) is 16.2. The predicted molar refractivity (Wildman–Crippen MR) is 115 cm³/mol. The van der Waals surface area contributed by atoms with Gasteiger partial charge in [-0.15, -0.1) is 12.4 Å². The number of hydrogen-bond acceptors (Lipinski definition) is 5. The molecule has 0 saturated heterocycles. The van der Waals surface area contributed by atoms with Crippen molar-refractivity contribution in [2.45, 2.75) is 27.7 Å². The lowest BCUT2D eigenvalue weighted by atomic mass is 10.2. The number of hydrogen-bond donors (Lipinski definition) is 0. The Kier molecular flexibility index (Phi) is 6.86. The van der Waals surface area contributed by atoms with Crippen LogP contribution < -0.4 is 4.90 Å². The van der Waals surface area contributed by atoms with Gasteiger partial charge in [-0.2, -0.15) is 0 Å². The molecule has 3 rings (SSSR count). The number of anilines is 2. The average Bonchev–Trinajstić information content (AvgIpc) is 2.60. The topological polar surface area (TPSA) is 43.9 Å². The van der Waals surface area contributed by atoms with Gasteiger partial charge in [0.15, 0.2) is 0 Å². The first-order valence-electron chi connectivity index (χ1n) is 8.49. The van der Waals surface area contributed by atoms with Crippen molar-refractivity contribution in [1.82, 2.24) is 9.21 Å². The first kappa shape index (κ1) is 22.0. The third kappa shape index (κ3) is 4.27. The van der Waals surface area contributed by atoms with Gasteiger partial charge in [0.2, 0.25) is 10.0 Å². The lowest BCUT2D eigenvalue weighted by Crippen LogP contribution is -2.37. The summed E-state index contributed by atoms with van der Waals surface area (Å²) in [6.07, 6.45) is 0. The molecule has 1 aliphatic rings. The van der Waals surface area contributed by atoms with E-state index in [0.29, 0.717) is 10.9 Å². The molecule has 2 aromatic carbocycles. The summed E-state index contributed by atoms with van der Waals surface area (Å²) < 4.78 is 26.4. The van der Waals surface area contributed by atoms with Crippen LogP contribution in [0, 0.1) is 0 Å². The maximum Gasteiger partial charge on any atom is 0.242 e. The fourth-order valence-corrected chi connectivity index (χ4v) is 4.80. The quantitative estimate of drug-likeness (QED) is 0.723. The minimum Gasteiger partial charge on any atom is -0.338 e. The molecular formula is C19H26ClN3O2S2. The van der Waals surface area contributed by atoms with E-state index in [2.05, 4.69) is 43.0 Å². The van der Waals surface area contributed by atoms with E-state index in [1.807, 2.05) is 18.2 Å². The second kappa shape index (κ2) is 8.41. The van der Waals surface area contributed by atoms with Gasteiger partial charge in [-0.3, -0.25) is 0 Å². The normalized spacial score (nSPS) is 14.6. The Labute approximate surface area is 172 Å². The van der Waals surface area contributed by atoms with E-state index >= 15 is 0 Å². The van der Waals surface area contributed by atoms with Crippen LogP contribution in [-0.4, -0.2) is 58.4 Å². The Bertz CT molecular complexity index is 917. The summed E-state index contributed by atoms with van der Waals surface area (Å²) >= 11 is 1.69. The van der Waals surface area contributed by atoms with Gasteiger partial charge < -0.3 is 9.80 Å². The van der Waals surface area contributed by atoms with Gasteiger partial charge in [0, 0.05) is 36.5 Å². The van der Waals surface area contributed by atoms with Gasteiger partial charge in [0.05, 0.1) is 16.3 Å². The molecule has 0 amide bonds. The molecule has 0 bridgehead atoms. The van der Waals surface area contributed by atoms with Crippen LogP contribution in [0.5, 0.6) is 0 Å². The standard InChI is InChI=1S/C19H25N3O2S2.ClH/c1-14(20(2)3)13-22-16-8-6-7-9-18(16)25-19-11-10-15(12-17(19)22)26(23,24)21(4)5;/h6-12,14H,13H2,1-5H3;1H. The van der Waals surface area contributed by atoms with Crippen molar-refractivity contribution >= 4 is 45.6 Å². The van der Waals surface area contributed by atoms with Gasteiger partial charge in [0.1, 0.15) is 0 Å². The van der Waals surface area contributed by atoms with Crippen LogP contribution in [0.2, 0.25) is 0 Å². The molecule has 2 aromatic rings. The van der Waals surface area contributed by atoms with Gasteiger partial charge in [-0.05, 0) is 51.4 Å². The Hall–Kier alpha value is -1.25. The zero-order chi connectivity index (χ0) is 19.1. The highest BCUT2D eigenvalue weighted by atomic mass is 35.5. The molecule has 0 radical (unpaired) electrons. The molecule has 5 nitrogen and oxygen atoms in total. The lowest BCUT2D eigenvalue weighted by Gasteiger charge is -2.36. The highest BCUT2D eigenvalue weighted by Crippen LogP contribution is 2.48. The van der Waals surface area contributed by atoms with Crippen LogP contribution >= 0.6 is 24.2 Å². The summed E-state index contributed by atoms with van der Waals surface area (Å²) in [4.78, 5) is 7.00. The molecule has 0 spiro atoms. The molecule has 0 saturated carbocycles. The molecule has 0 aromatic heterocycles. The van der Waals surface area contributed by atoms with Crippen LogP contribution in [0.15, 0.2) is 57.2 Å². The van der Waals surface area contributed by atoms with Crippen molar-refractivity contribution in [1.29, 1.82) is 0 Å². The number of fused-ring (bicyclic) bond motifs is 2. The number of sulfonamides is 1. The summed E-state index contributed by atoms with van der Waals surface area (Å²) in [5.74, 6) is 0. The number of para-hydroxylation sites is 1. The Morgan fingerprint density at radius 2 is 1.63 bits per heavy atom. The van der Waals surface area contributed by atoms with E-state index in [0.717, 1.165) is 22.8 Å². The Balaban J connectivity index is 0.00000261. The summed E-state index contributed by atoms with van der Waals surface area (Å²) in [6.45, 7) is 2.95. The fourth-order valence-electron chi connectivity index (χ4n) is 2.80. The van der Waals surface area contributed by atoms with Crippen molar-refractivity contribution in [3.63, 3.8) is 0 Å². The molecule has 1 aliphatic heterocycles. The van der Waals surface area contributed by atoms with E-state index < -0.39 is 10.0 Å².